The van der Waals surface area contributed by atoms with E-state index in [4.69, 9.17) is 4.74 Å². The van der Waals surface area contributed by atoms with Crippen LogP contribution >= 0.6 is 0 Å². The van der Waals surface area contributed by atoms with Crippen molar-refractivity contribution in [2.75, 3.05) is 13.7 Å². The van der Waals surface area contributed by atoms with Gasteiger partial charge >= 0.3 is 0 Å². The molecule has 0 bridgehead atoms. The topological polar surface area (TPSA) is 43.4 Å². The Bertz CT molecular complexity index is 1150. The predicted molar refractivity (Wildman–Crippen MR) is 120 cm³/mol. The summed E-state index contributed by atoms with van der Waals surface area (Å²) < 4.78 is 5.53. The Labute approximate surface area is 176 Å². The lowest BCUT2D eigenvalue weighted by Gasteiger charge is -2.12. The molecule has 148 valence electrons. The van der Waals surface area contributed by atoms with Crippen molar-refractivity contribution in [1.82, 2.24) is 0 Å². The first-order chi connectivity index (χ1) is 14.6. The molecule has 0 saturated carbocycles. The van der Waals surface area contributed by atoms with Gasteiger partial charge in [0.2, 0.25) is 0 Å². The molecule has 0 aromatic heterocycles. The Morgan fingerprint density at radius 3 is 1.70 bits per heavy atom. The summed E-state index contributed by atoms with van der Waals surface area (Å²) in [6.45, 7) is 1.85. The second-order valence-electron chi connectivity index (χ2n) is 7.23. The molecule has 0 heterocycles. The molecule has 0 fully saturated rings. The van der Waals surface area contributed by atoms with E-state index < -0.39 is 0 Å². The van der Waals surface area contributed by atoms with Crippen LogP contribution in [0.5, 0.6) is 0 Å². The van der Waals surface area contributed by atoms with Crippen LogP contribution in [0.1, 0.15) is 34.0 Å². The van der Waals surface area contributed by atoms with E-state index >= 15 is 0 Å². The van der Waals surface area contributed by atoms with Gasteiger partial charge < -0.3 is 4.74 Å². The average Bonchev–Trinajstić information content (AvgIpc) is 3.07. The fourth-order valence-electron chi connectivity index (χ4n) is 3.92. The van der Waals surface area contributed by atoms with Crippen LogP contribution in [0.2, 0.25) is 0 Å². The summed E-state index contributed by atoms with van der Waals surface area (Å²) in [7, 11) is 1.64. The Morgan fingerprint density at radius 1 is 0.700 bits per heavy atom. The summed E-state index contributed by atoms with van der Waals surface area (Å²) in [5.74, 6) is -0.0267. The Hall–Kier alpha value is -3.56. The summed E-state index contributed by atoms with van der Waals surface area (Å²) >= 11 is 0. The summed E-state index contributed by atoms with van der Waals surface area (Å²) in [6, 6.07) is 26.9. The number of Topliss-reactive ketones (excluding diaryl/α,β-unsaturated/α-hetero) is 2. The summed E-state index contributed by atoms with van der Waals surface area (Å²) in [4.78, 5) is 25.4. The Kier molecular flexibility index (Phi) is 5.55. The molecule has 3 heteroatoms. The molecule has 0 amide bonds. The van der Waals surface area contributed by atoms with E-state index in [2.05, 4.69) is 0 Å². The first-order valence-electron chi connectivity index (χ1n) is 9.85. The molecule has 3 nitrogen and oxygen atoms in total. The molecule has 0 saturated heterocycles. The molecule has 4 rings (SSSR count). The van der Waals surface area contributed by atoms with Gasteiger partial charge in [-0.3, -0.25) is 9.59 Å². The first-order valence-corrected chi connectivity index (χ1v) is 9.85. The molecule has 0 unspecified atom stereocenters. The zero-order valence-corrected chi connectivity index (χ0v) is 17.0. The molecule has 0 aliphatic heterocycles. The van der Waals surface area contributed by atoms with Gasteiger partial charge in [-0.2, -0.15) is 0 Å². The quantitative estimate of drug-likeness (QED) is 0.520. The van der Waals surface area contributed by atoms with E-state index in [9.17, 15) is 9.59 Å². The number of benzene rings is 3. The van der Waals surface area contributed by atoms with E-state index in [-0.39, 0.29) is 11.6 Å². The van der Waals surface area contributed by atoms with E-state index in [1.54, 1.807) is 19.2 Å². The maximum absolute atomic E-state index is 13.8. The molecular formula is C27H22O3. The van der Waals surface area contributed by atoms with Gasteiger partial charge in [-0.1, -0.05) is 84.9 Å². The zero-order valence-electron chi connectivity index (χ0n) is 17.0. The fourth-order valence-corrected chi connectivity index (χ4v) is 3.92. The lowest BCUT2D eigenvalue weighted by Crippen LogP contribution is -2.03. The first kappa shape index (κ1) is 19.7. The van der Waals surface area contributed by atoms with Crippen LogP contribution in [0.3, 0.4) is 0 Å². The predicted octanol–water partition coefficient (Wildman–Crippen LogP) is 5.48. The molecule has 0 radical (unpaired) electrons. The van der Waals surface area contributed by atoms with Crippen LogP contribution < -0.4 is 0 Å². The van der Waals surface area contributed by atoms with Gasteiger partial charge in [0.1, 0.15) is 0 Å². The number of carbonyl (C=O) groups is 2. The molecule has 0 atom stereocenters. The SMILES string of the molecule is COCC1=C(c2ccc(C(C)=O)cc2)C(=O)C(c2ccccc2)=C1c1ccccc1. The summed E-state index contributed by atoms with van der Waals surface area (Å²) in [5, 5.41) is 0. The number of allylic oxidation sites excluding steroid dienone is 2. The Morgan fingerprint density at radius 2 is 1.20 bits per heavy atom. The minimum atomic E-state index is -0.0253. The molecule has 3 aromatic carbocycles. The van der Waals surface area contributed by atoms with Gasteiger partial charge in [-0.05, 0) is 34.8 Å². The molecule has 1 aliphatic carbocycles. The third kappa shape index (κ3) is 3.56. The Balaban J connectivity index is 1.95. The van der Waals surface area contributed by atoms with Crippen LogP contribution in [0, 0.1) is 0 Å². The van der Waals surface area contributed by atoms with Crippen molar-refractivity contribution < 1.29 is 14.3 Å². The average molecular weight is 394 g/mol. The minimum absolute atomic E-state index is 0.00142. The molecule has 0 spiro atoms. The fraction of sp³-hybridized carbons (Fsp3) is 0.111. The molecule has 30 heavy (non-hydrogen) atoms. The third-order valence-electron chi connectivity index (χ3n) is 5.30. The van der Waals surface area contributed by atoms with Crippen molar-refractivity contribution in [3.63, 3.8) is 0 Å². The maximum atomic E-state index is 13.8. The van der Waals surface area contributed by atoms with Gasteiger partial charge in [0.15, 0.2) is 11.6 Å². The van der Waals surface area contributed by atoms with Crippen molar-refractivity contribution >= 4 is 28.3 Å². The number of ether oxygens (including phenoxy) is 1. The second-order valence-corrected chi connectivity index (χ2v) is 7.23. The number of hydrogen-bond acceptors (Lipinski definition) is 3. The van der Waals surface area contributed by atoms with Crippen molar-refractivity contribution in [2.45, 2.75) is 6.92 Å². The second kappa shape index (κ2) is 8.44. The normalized spacial score (nSPS) is 13.9. The van der Waals surface area contributed by atoms with E-state index in [1.165, 1.54) is 6.92 Å². The van der Waals surface area contributed by atoms with Crippen molar-refractivity contribution in [3.05, 3.63) is 113 Å². The number of carbonyl (C=O) groups excluding carboxylic acids is 2. The third-order valence-corrected chi connectivity index (χ3v) is 5.30. The number of rotatable bonds is 6. The van der Waals surface area contributed by atoms with E-state index in [0.29, 0.717) is 23.3 Å². The molecule has 1 aliphatic rings. The van der Waals surface area contributed by atoms with Gasteiger partial charge in [0.25, 0.3) is 0 Å². The summed E-state index contributed by atoms with van der Waals surface area (Å²) in [5.41, 5.74) is 6.35. The lowest BCUT2D eigenvalue weighted by atomic mass is 9.93. The largest absolute Gasteiger partial charge is 0.380 e. The van der Waals surface area contributed by atoms with E-state index in [0.717, 1.165) is 27.8 Å². The molecular weight excluding hydrogens is 372 g/mol. The lowest BCUT2D eigenvalue weighted by molar-refractivity contribution is -0.108. The number of methoxy groups -OCH3 is 1. The molecule has 3 aromatic rings. The molecule has 0 N–H and O–H groups in total. The van der Waals surface area contributed by atoms with Crippen molar-refractivity contribution in [3.8, 4) is 0 Å². The van der Waals surface area contributed by atoms with Crippen LogP contribution in [0.4, 0.5) is 0 Å². The van der Waals surface area contributed by atoms with Crippen LogP contribution in [-0.4, -0.2) is 25.3 Å². The number of ketones is 2. The highest BCUT2D eigenvalue weighted by Gasteiger charge is 2.34. The van der Waals surface area contributed by atoms with E-state index in [1.807, 2.05) is 72.8 Å². The highest BCUT2D eigenvalue weighted by atomic mass is 16.5. The van der Waals surface area contributed by atoms with Crippen LogP contribution in [0.15, 0.2) is 90.5 Å². The monoisotopic (exact) mass is 394 g/mol. The number of hydrogen-bond donors (Lipinski definition) is 0. The van der Waals surface area contributed by atoms with Crippen LogP contribution in [0.25, 0.3) is 16.7 Å². The van der Waals surface area contributed by atoms with Crippen molar-refractivity contribution in [1.29, 1.82) is 0 Å². The minimum Gasteiger partial charge on any atom is -0.380 e. The van der Waals surface area contributed by atoms with Gasteiger partial charge in [0.05, 0.1) is 6.61 Å². The van der Waals surface area contributed by atoms with Crippen LogP contribution in [-0.2, 0) is 9.53 Å². The summed E-state index contributed by atoms with van der Waals surface area (Å²) in [6.07, 6.45) is 0. The smallest absolute Gasteiger partial charge is 0.195 e. The van der Waals surface area contributed by atoms with Crippen molar-refractivity contribution in [2.24, 2.45) is 0 Å². The highest BCUT2D eigenvalue weighted by molar-refractivity contribution is 6.52. The van der Waals surface area contributed by atoms with Gasteiger partial charge in [0, 0.05) is 23.8 Å². The van der Waals surface area contributed by atoms with Gasteiger partial charge in [-0.15, -0.1) is 0 Å². The highest BCUT2D eigenvalue weighted by Crippen LogP contribution is 2.45. The zero-order chi connectivity index (χ0) is 21.1. The maximum Gasteiger partial charge on any atom is 0.195 e. The standard InChI is InChI=1S/C27H22O3/c1-18(28)19-13-15-22(16-14-19)25-23(17-30-2)24(20-9-5-3-6-10-20)26(27(25)29)21-11-7-4-8-12-21/h3-16H,17H2,1-2H3. The van der Waals surface area contributed by atoms with Gasteiger partial charge in [-0.25, -0.2) is 0 Å².